The van der Waals surface area contributed by atoms with Gasteiger partial charge < -0.3 is 15.0 Å². The van der Waals surface area contributed by atoms with Crippen molar-refractivity contribution in [2.24, 2.45) is 0 Å². The first-order chi connectivity index (χ1) is 9.72. The highest BCUT2D eigenvalue weighted by Crippen LogP contribution is 2.14. The summed E-state index contributed by atoms with van der Waals surface area (Å²) in [5, 5.41) is 3.12. The van der Waals surface area contributed by atoms with E-state index in [0.717, 1.165) is 38.2 Å². The maximum Gasteiger partial charge on any atom is 0.251 e. The molecule has 1 aromatic carbocycles. The topological polar surface area (TPSA) is 41.6 Å². The van der Waals surface area contributed by atoms with E-state index < -0.39 is 0 Å². The van der Waals surface area contributed by atoms with Crippen LogP contribution in [0.25, 0.3) is 0 Å². The van der Waals surface area contributed by atoms with Gasteiger partial charge in [-0.1, -0.05) is 6.92 Å². The molecule has 0 unspecified atom stereocenters. The predicted octanol–water partition coefficient (Wildman–Crippen LogP) is 2.30. The van der Waals surface area contributed by atoms with E-state index in [0.29, 0.717) is 18.2 Å². The summed E-state index contributed by atoms with van der Waals surface area (Å²) in [5.41, 5.74) is 0.700. The summed E-state index contributed by atoms with van der Waals surface area (Å²) in [7, 11) is 0. The SMILES string of the molecule is CCOc1ccc(C(=O)NC2CCN(CC)CC2)cc1. The fourth-order valence-electron chi connectivity index (χ4n) is 2.53. The van der Waals surface area contributed by atoms with Crippen LogP contribution in [0.2, 0.25) is 0 Å². The van der Waals surface area contributed by atoms with E-state index in [1.165, 1.54) is 0 Å². The number of amides is 1. The van der Waals surface area contributed by atoms with Crippen molar-refractivity contribution in [2.45, 2.75) is 32.7 Å². The summed E-state index contributed by atoms with van der Waals surface area (Å²) in [4.78, 5) is 14.6. The molecule has 2 rings (SSSR count). The van der Waals surface area contributed by atoms with Crippen molar-refractivity contribution in [3.63, 3.8) is 0 Å². The molecule has 0 aliphatic carbocycles. The van der Waals surface area contributed by atoms with Crippen molar-refractivity contribution in [3.8, 4) is 5.75 Å². The van der Waals surface area contributed by atoms with Crippen molar-refractivity contribution in [1.82, 2.24) is 10.2 Å². The molecule has 1 saturated heterocycles. The molecule has 0 saturated carbocycles. The van der Waals surface area contributed by atoms with Crippen molar-refractivity contribution in [1.29, 1.82) is 0 Å². The average Bonchev–Trinajstić information content (AvgIpc) is 2.49. The van der Waals surface area contributed by atoms with Gasteiger partial charge in [-0.15, -0.1) is 0 Å². The standard InChI is InChI=1S/C16H24N2O2/c1-3-18-11-9-14(10-12-18)17-16(19)13-5-7-15(8-6-13)20-4-2/h5-8,14H,3-4,9-12H2,1-2H3,(H,17,19). The van der Waals surface area contributed by atoms with E-state index in [4.69, 9.17) is 4.74 Å². The molecule has 1 fully saturated rings. The third-order valence-corrected chi connectivity index (χ3v) is 3.80. The van der Waals surface area contributed by atoms with E-state index >= 15 is 0 Å². The molecule has 0 spiro atoms. The third-order valence-electron chi connectivity index (χ3n) is 3.80. The Labute approximate surface area is 121 Å². The van der Waals surface area contributed by atoms with Crippen LogP contribution in [0.3, 0.4) is 0 Å². The minimum atomic E-state index is 0.0167. The Kier molecular flexibility index (Phi) is 5.41. The van der Waals surface area contributed by atoms with Gasteiger partial charge in [-0.25, -0.2) is 0 Å². The first kappa shape index (κ1) is 14.9. The summed E-state index contributed by atoms with van der Waals surface area (Å²) < 4.78 is 5.38. The predicted molar refractivity (Wildman–Crippen MR) is 80.2 cm³/mol. The zero-order valence-corrected chi connectivity index (χ0v) is 12.4. The van der Waals surface area contributed by atoms with Crippen LogP contribution in [0.15, 0.2) is 24.3 Å². The quantitative estimate of drug-likeness (QED) is 0.897. The molecule has 1 aliphatic rings. The molecule has 110 valence electrons. The van der Waals surface area contributed by atoms with Crippen molar-refractivity contribution in [2.75, 3.05) is 26.2 Å². The molecule has 1 aliphatic heterocycles. The summed E-state index contributed by atoms with van der Waals surface area (Å²) in [6.07, 6.45) is 2.08. The Hall–Kier alpha value is -1.55. The number of likely N-dealkylation sites (tertiary alicyclic amines) is 1. The van der Waals surface area contributed by atoms with Gasteiger partial charge in [0, 0.05) is 24.7 Å². The number of nitrogens with zero attached hydrogens (tertiary/aromatic N) is 1. The minimum Gasteiger partial charge on any atom is -0.494 e. The van der Waals surface area contributed by atoms with Gasteiger partial charge in [0.1, 0.15) is 5.75 Å². The molecule has 1 amide bonds. The van der Waals surface area contributed by atoms with E-state index in [9.17, 15) is 4.79 Å². The summed E-state index contributed by atoms with van der Waals surface area (Å²) in [5.74, 6) is 0.823. The molecule has 1 N–H and O–H groups in total. The summed E-state index contributed by atoms with van der Waals surface area (Å²) >= 11 is 0. The number of carbonyl (C=O) groups is 1. The molecular formula is C16H24N2O2. The number of hydrogen-bond donors (Lipinski definition) is 1. The lowest BCUT2D eigenvalue weighted by molar-refractivity contribution is 0.0912. The largest absolute Gasteiger partial charge is 0.494 e. The molecule has 20 heavy (non-hydrogen) atoms. The highest BCUT2D eigenvalue weighted by atomic mass is 16.5. The van der Waals surface area contributed by atoms with Crippen LogP contribution in [0.1, 0.15) is 37.0 Å². The van der Waals surface area contributed by atoms with Gasteiger partial charge in [-0.05, 0) is 50.6 Å². The molecular weight excluding hydrogens is 252 g/mol. The van der Waals surface area contributed by atoms with Crippen molar-refractivity contribution in [3.05, 3.63) is 29.8 Å². The number of carbonyl (C=O) groups excluding carboxylic acids is 1. The summed E-state index contributed by atoms with van der Waals surface area (Å²) in [6.45, 7) is 8.01. The van der Waals surface area contributed by atoms with Crippen LogP contribution in [-0.4, -0.2) is 43.1 Å². The van der Waals surface area contributed by atoms with Gasteiger partial charge in [0.2, 0.25) is 0 Å². The second-order valence-electron chi connectivity index (χ2n) is 5.14. The highest BCUT2D eigenvalue weighted by Gasteiger charge is 2.20. The van der Waals surface area contributed by atoms with Crippen LogP contribution in [0.5, 0.6) is 5.75 Å². The van der Waals surface area contributed by atoms with Gasteiger partial charge in [0.05, 0.1) is 6.61 Å². The van der Waals surface area contributed by atoms with Crippen LogP contribution in [0, 0.1) is 0 Å². The van der Waals surface area contributed by atoms with Gasteiger partial charge in [0.25, 0.3) is 5.91 Å². The van der Waals surface area contributed by atoms with E-state index in [1.807, 2.05) is 31.2 Å². The lowest BCUT2D eigenvalue weighted by atomic mass is 10.0. The Morgan fingerprint density at radius 2 is 1.90 bits per heavy atom. The third kappa shape index (κ3) is 3.97. The van der Waals surface area contributed by atoms with E-state index in [2.05, 4.69) is 17.1 Å². The molecule has 4 nitrogen and oxygen atoms in total. The number of hydrogen-bond acceptors (Lipinski definition) is 3. The normalized spacial score (nSPS) is 16.9. The number of piperidine rings is 1. The molecule has 1 heterocycles. The van der Waals surface area contributed by atoms with Crippen molar-refractivity contribution < 1.29 is 9.53 Å². The Balaban J connectivity index is 1.85. The van der Waals surface area contributed by atoms with Gasteiger partial charge in [-0.3, -0.25) is 4.79 Å². The lowest BCUT2D eigenvalue weighted by Gasteiger charge is -2.31. The molecule has 0 atom stereocenters. The maximum absolute atomic E-state index is 12.2. The molecule has 4 heteroatoms. The lowest BCUT2D eigenvalue weighted by Crippen LogP contribution is -2.44. The molecule has 0 aromatic heterocycles. The zero-order chi connectivity index (χ0) is 14.4. The Bertz CT molecular complexity index is 423. The number of ether oxygens (including phenoxy) is 1. The van der Waals surface area contributed by atoms with Gasteiger partial charge in [0.15, 0.2) is 0 Å². The Morgan fingerprint density at radius 3 is 2.45 bits per heavy atom. The van der Waals surface area contributed by atoms with Crippen LogP contribution in [-0.2, 0) is 0 Å². The molecule has 0 radical (unpaired) electrons. The van der Waals surface area contributed by atoms with Crippen LogP contribution >= 0.6 is 0 Å². The first-order valence-electron chi connectivity index (χ1n) is 7.49. The fourth-order valence-corrected chi connectivity index (χ4v) is 2.53. The summed E-state index contributed by atoms with van der Waals surface area (Å²) in [6, 6.07) is 7.64. The fraction of sp³-hybridized carbons (Fsp3) is 0.562. The number of rotatable bonds is 5. The van der Waals surface area contributed by atoms with Crippen molar-refractivity contribution >= 4 is 5.91 Å². The zero-order valence-electron chi connectivity index (χ0n) is 12.4. The number of nitrogens with one attached hydrogen (secondary N) is 1. The molecule has 1 aromatic rings. The first-order valence-corrected chi connectivity index (χ1v) is 7.49. The monoisotopic (exact) mass is 276 g/mol. The Morgan fingerprint density at radius 1 is 1.25 bits per heavy atom. The second kappa shape index (κ2) is 7.29. The van der Waals surface area contributed by atoms with Crippen LogP contribution in [0.4, 0.5) is 0 Å². The average molecular weight is 276 g/mol. The maximum atomic E-state index is 12.2. The second-order valence-corrected chi connectivity index (χ2v) is 5.14. The minimum absolute atomic E-state index is 0.0167. The number of benzene rings is 1. The van der Waals surface area contributed by atoms with Crippen LogP contribution < -0.4 is 10.1 Å². The van der Waals surface area contributed by atoms with E-state index in [1.54, 1.807) is 0 Å². The van der Waals surface area contributed by atoms with Gasteiger partial charge in [-0.2, -0.15) is 0 Å². The molecule has 0 bridgehead atoms. The highest BCUT2D eigenvalue weighted by molar-refractivity contribution is 5.94. The van der Waals surface area contributed by atoms with Gasteiger partial charge >= 0.3 is 0 Å². The van der Waals surface area contributed by atoms with E-state index in [-0.39, 0.29) is 5.91 Å². The smallest absolute Gasteiger partial charge is 0.251 e.